The summed E-state index contributed by atoms with van der Waals surface area (Å²) in [6, 6.07) is 0. The molecule has 0 aliphatic rings. The molecule has 1 amide bonds. The lowest BCUT2D eigenvalue weighted by Gasteiger charge is -2.18. The van der Waals surface area contributed by atoms with Crippen LogP contribution in [0.4, 0.5) is 0 Å². The number of hydrogen-bond acceptors (Lipinski definition) is 6. The topological polar surface area (TPSA) is 97.3 Å². The average Bonchev–Trinajstić information content (AvgIpc) is 2.77. The lowest BCUT2D eigenvalue weighted by atomic mass is 10.3. The number of nitrogens with two attached hydrogens (primary N) is 1. The molecule has 1 rings (SSSR count). The molecular weight excluding hydrogens is 222 g/mol. The number of carbonyl (C=O) groups is 1. The molecule has 1 heterocycles. The van der Waals surface area contributed by atoms with Crippen molar-refractivity contribution in [2.75, 3.05) is 20.1 Å². The quantitative estimate of drug-likeness (QED) is 0.667. The highest BCUT2D eigenvalue weighted by Gasteiger charge is 2.13. The van der Waals surface area contributed by atoms with Gasteiger partial charge in [0.2, 0.25) is 11.8 Å². The van der Waals surface area contributed by atoms with Crippen LogP contribution in [-0.4, -0.2) is 41.1 Å². The molecule has 0 radical (unpaired) electrons. The highest BCUT2D eigenvalue weighted by atomic mass is 16.5. The van der Waals surface area contributed by atoms with E-state index in [0.29, 0.717) is 24.8 Å². The fraction of sp³-hybridized carbons (Fsp3) is 0.700. The van der Waals surface area contributed by atoms with Crippen molar-refractivity contribution in [2.45, 2.75) is 26.4 Å². The van der Waals surface area contributed by atoms with Crippen molar-refractivity contribution in [1.82, 2.24) is 20.4 Å². The Morgan fingerprint density at radius 1 is 1.59 bits per heavy atom. The maximum absolute atomic E-state index is 11.3. The van der Waals surface area contributed by atoms with Gasteiger partial charge in [0.25, 0.3) is 0 Å². The Morgan fingerprint density at radius 2 is 2.35 bits per heavy atom. The van der Waals surface area contributed by atoms with Gasteiger partial charge in [0.15, 0.2) is 5.82 Å². The first-order valence-corrected chi connectivity index (χ1v) is 5.64. The Hall–Kier alpha value is -1.47. The summed E-state index contributed by atoms with van der Waals surface area (Å²) in [6.07, 6.45) is 0.957. The number of amides is 1. The molecule has 7 heteroatoms. The van der Waals surface area contributed by atoms with Crippen molar-refractivity contribution in [3.63, 3.8) is 0 Å². The molecule has 0 aromatic carbocycles. The van der Waals surface area contributed by atoms with Crippen molar-refractivity contribution in [3.05, 3.63) is 11.7 Å². The van der Waals surface area contributed by atoms with Gasteiger partial charge in [-0.3, -0.25) is 9.69 Å². The van der Waals surface area contributed by atoms with Gasteiger partial charge in [0, 0.05) is 7.05 Å². The standard InChI is InChI=1S/C10H19N5O2/c1-3-4-15(7-9(16)12-2)6-8-13-10(5-11)17-14-8/h3-7,11H2,1-2H3,(H,12,16). The summed E-state index contributed by atoms with van der Waals surface area (Å²) in [4.78, 5) is 17.4. The summed E-state index contributed by atoms with van der Waals surface area (Å²) in [6.45, 7) is 3.91. The van der Waals surface area contributed by atoms with Gasteiger partial charge >= 0.3 is 0 Å². The molecule has 96 valence electrons. The molecule has 0 spiro atoms. The number of rotatable bonds is 7. The van der Waals surface area contributed by atoms with Crippen LogP contribution in [0.2, 0.25) is 0 Å². The number of carbonyl (C=O) groups excluding carboxylic acids is 1. The van der Waals surface area contributed by atoms with E-state index >= 15 is 0 Å². The first-order valence-electron chi connectivity index (χ1n) is 5.64. The summed E-state index contributed by atoms with van der Waals surface area (Å²) >= 11 is 0. The molecule has 0 bridgehead atoms. The Kier molecular flexibility index (Phi) is 5.58. The third-order valence-corrected chi connectivity index (χ3v) is 2.24. The van der Waals surface area contributed by atoms with E-state index in [9.17, 15) is 4.79 Å². The summed E-state index contributed by atoms with van der Waals surface area (Å²) in [5.41, 5.74) is 5.38. The molecule has 17 heavy (non-hydrogen) atoms. The highest BCUT2D eigenvalue weighted by molar-refractivity contribution is 5.77. The van der Waals surface area contributed by atoms with E-state index < -0.39 is 0 Å². The monoisotopic (exact) mass is 241 g/mol. The number of aromatic nitrogens is 2. The van der Waals surface area contributed by atoms with Crippen LogP contribution in [0.1, 0.15) is 25.1 Å². The van der Waals surface area contributed by atoms with Crippen LogP contribution in [0, 0.1) is 0 Å². The number of nitrogens with zero attached hydrogens (tertiary/aromatic N) is 3. The van der Waals surface area contributed by atoms with Crippen LogP contribution in [-0.2, 0) is 17.9 Å². The minimum atomic E-state index is -0.0269. The Labute approximate surface area is 100 Å². The van der Waals surface area contributed by atoms with Gasteiger partial charge in [-0.1, -0.05) is 12.1 Å². The van der Waals surface area contributed by atoms with Crippen molar-refractivity contribution in [1.29, 1.82) is 0 Å². The second kappa shape index (κ2) is 6.97. The maximum Gasteiger partial charge on any atom is 0.240 e. The van der Waals surface area contributed by atoms with Crippen LogP contribution >= 0.6 is 0 Å². The smallest absolute Gasteiger partial charge is 0.240 e. The van der Waals surface area contributed by atoms with Crippen LogP contribution < -0.4 is 11.1 Å². The van der Waals surface area contributed by atoms with E-state index in [1.54, 1.807) is 7.05 Å². The highest BCUT2D eigenvalue weighted by Crippen LogP contribution is 2.02. The van der Waals surface area contributed by atoms with Crippen molar-refractivity contribution in [3.8, 4) is 0 Å². The lowest BCUT2D eigenvalue weighted by Crippen LogP contribution is -2.35. The molecule has 3 N–H and O–H groups in total. The van der Waals surface area contributed by atoms with Gasteiger partial charge in [0.05, 0.1) is 19.6 Å². The van der Waals surface area contributed by atoms with Crippen LogP contribution in [0.15, 0.2) is 4.52 Å². The molecule has 7 nitrogen and oxygen atoms in total. The lowest BCUT2D eigenvalue weighted by molar-refractivity contribution is -0.121. The molecule has 0 aliphatic carbocycles. The zero-order chi connectivity index (χ0) is 12.7. The number of nitrogens with one attached hydrogen (secondary N) is 1. The molecule has 0 aliphatic heterocycles. The minimum Gasteiger partial charge on any atom is -0.358 e. The fourth-order valence-corrected chi connectivity index (χ4v) is 1.45. The van der Waals surface area contributed by atoms with Crippen molar-refractivity contribution in [2.24, 2.45) is 5.73 Å². The van der Waals surface area contributed by atoms with E-state index in [2.05, 4.69) is 22.4 Å². The van der Waals surface area contributed by atoms with E-state index in [0.717, 1.165) is 13.0 Å². The summed E-state index contributed by atoms with van der Waals surface area (Å²) < 4.78 is 4.91. The van der Waals surface area contributed by atoms with E-state index in [-0.39, 0.29) is 12.5 Å². The summed E-state index contributed by atoms with van der Waals surface area (Å²) in [5, 5.41) is 6.39. The molecule has 0 unspecified atom stereocenters. The van der Waals surface area contributed by atoms with Gasteiger partial charge < -0.3 is 15.6 Å². The molecule has 0 fully saturated rings. The number of likely N-dealkylation sites (N-methyl/N-ethyl adjacent to an activating group) is 1. The van der Waals surface area contributed by atoms with Crippen LogP contribution in [0.25, 0.3) is 0 Å². The van der Waals surface area contributed by atoms with Crippen LogP contribution in [0.5, 0.6) is 0 Å². The molecule has 0 saturated carbocycles. The third-order valence-electron chi connectivity index (χ3n) is 2.24. The first kappa shape index (κ1) is 13.6. The third kappa shape index (κ3) is 4.49. The van der Waals surface area contributed by atoms with Gasteiger partial charge in [-0.05, 0) is 13.0 Å². The SMILES string of the molecule is CCCN(CC(=O)NC)Cc1noc(CN)n1. The molecule has 0 saturated heterocycles. The molecule has 1 aromatic rings. The second-order valence-electron chi connectivity index (χ2n) is 3.69. The second-order valence-corrected chi connectivity index (χ2v) is 3.69. The number of hydrogen-bond donors (Lipinski definition) is 2. The normalized spacial score (nSPS) is 10.8. The van der Waals surface area contributed by atoms with E-state index in [1.165, 1.54) is 0 Å². The van der Waals surface area contributed by atoms with Gasteiger partial charge in [-0.25, -0.2) is 0 Å². The molecular formula is C10H19N5O2. The Bertz CT molecular complexity index is 352. The first-order chi connectivity index (χ1) is 8.19. The maximum atomic E-state index is 11.3. The largest absolute Gasteiger partial charge is 0.358 e. The fourth-order valence-electron chi connectivity index (χ4n) is 1.45. The van der Waals surface area contributed by atoms with Crippen LogP contribution in [0.3, 0.4) is 0 Å². The van der Waals surface area contributed by atoms with Gasteiger partial charge in [0.1, 0.15) is 0 Å². The zero-order valence-electron chi connectivity index (χ0n) is 10.3. The zero-order valence-corrected chi connectivity index (χ0v) is 10.3. The summed E-state index contributed by atoms with van der Waals surface area (Å²) in [7, 11) is 1.62. The van der Waals surface area contributed by atoms with Crippen molar-refractivity contribution >= 4 is 5.91 Å². The van der Waals surface area contributed by atoms with Gasteiger partial charge in [-0.15, -0.1) is 0 Å². The Balaban J connectivity index is 2.55. The summed E-state index contributed by atoms with van der Waals surface area (Å²) in [5.74, 6) is 0.945. The van der Waals surface area contributed by atoms with Gasteiger partial charge in [-0.2, -0.15) is 4.98 Å². The minimum absolute atomic E-state index is 0.0269. The molecule has 0 atom stereocenters. The predicted molar refractivity (Wildman–Crippen MR) is 61.8 cm³/mol. The Morgan fingerprint density at radius 3 is 2.88 bits per heavy atom. The van der Waals surface area contributed by atoms with Crippen molar-refractivity contribution < 1.29 is 9.32 Å². The van der Waals surface area contributed by atoms with E-state index in [1.807, 2.05) is 4.90 Å². The average molecular weight is 241 g/mol. The molecule has 1 aromatic heterocycles. The predicted octanol–water partition coefficient (Wildman–Crippen LogP) is -0.514. The van der Waals surface area contributed by atoms with E-state index in [4.69, 9.17) is 10.3 Å².